The summed E-state index contributed by atoms with van der Waals surface area (Å²) in [5.74, 6) is 0. The smallest absolute Gasteiger partial charge is 0.224 e. The summed E-state index contributed by atoms with van der Waals surface area (Å²) in [6.07, 6.45) is 2.13. The van der Waals surface area contributed by atoms with E-state index in [-0.39, 0.29) is 11.9 Å². The summed E-state index contributed by atoms with van der Waals surface area (Å²) in [4.78, 5) is 7.87. The molecule has 2 heterocycles. The molecule has 2 aromatic heterocycles. The van der Waals surface area contributed by atoms with Gasteiger partial charge in [0.05, 0.1) is 5.39 Å². The zero-order valence-corrected chi connectivity index (χ0v) is 9.20. The summed E-state index contributed by atoms with van der Waals surface area (Å²) in [6, 6.07) is 0. The molecule has 0 saturated heterocycles. The number of hydrogen-bond acceptors (Lipinski definition) is 4. The number of aromatic nitrogens is 4. The van der Waals surface area contributed by atoms with Gasteiger partial charge in [-0.3, -0.25) is 0 Å². The summed E-state index contributed by atoms with van der Waals surface area (Å²) < 4.78 is 1.61. The highest BCUT2D eigenvalue weighted by atomic mass is 35.5. The van der Waals surface area contributed by atoms with Crippen molar-refractivity contribution in [3.63, 3.8) is 0 Å². The van der Waals surface area contributed by atoms with Crippen LogP contribution >= 0.6 is 23.2 Å². The topological polar surface area (TPSA) is 63.8 Å². The maximum atomic E-state index is 8.73. The molecule has 0 fully saturated rings. The predicted octanol–water partition coefficient (Wildman–Crippen LogP) is 1.52. The number of nitrogens with zero attached hydrogens (tertiary/aromatic N) is 4. The number of aliphatic hydroxyl groups excluding tert-OH is 1. The molecular formula is C8H8Cl2N4O. The molecule has 0 aliphatic carbocycles. The quantitative estimate of drug-likeness (QED) is 0.835. The third kappa shape index (κ3) is 2.04. The fourth-order valence-corrected chi connectivity index (χ4v) is 1.63. The van der Waals surface area contributed by atoms with Crippen molar-refractivity contribution >= 4 is 34.2 Å². The first kappa shape index (κ1) is 10.6. The van der Waals surface area contributed by atoms with Gasteiger partial charge in [-0.1, -0.05) is 11.6 Å². The lowest BCUT2D eigenvalue weighted by Gasteiger charge is -1.99. The molecule has 0 spiro atoms. The minimum absolute atomic E-state index is 0.0950. The number of hydrogen-bond donors (Lipinski definition) is 1. The minimum atomic E-state index is 0.0950. The van der Waals surface area contributed by atoms with Crippen molar-refractivity contribution in [2.24, 2.45) is 0 Å². The number of aryl methyl sites for hydroxylation is 1. The SMILES string of the molecule is OCCCn1nc(Cl)c2cnc(Cl)nc21. The van der Waals surface area contributed by atoms with Crippen LogP contribution in [0.15, 0.2) is 6.20 Å². The van der Waals surface area contributed by atoms with Gasteiger partial charge in [-0.2, -0.15) is 10.1 Å². The van der Waals surface area contributed by atoms with E-state index in [0.29, 0.717) is 29.2 Å². The molecule has 15 heavy (non-hydrogen) atoms. The van der Waals surface area contributed by atoms with E-state index in [1.54, 1.807) is 4.68 Å². The van der Waals surface area contributed by atoms with Crippen LogP contribution in [-0.4, -0.2) is 31.5 Å². The van der Waals surface area contributed by atoms with Gasteiger partial charge in [-0.25, -0.2) is 9.67 Å². The molecule has 0 aliphatic heterocycles. The summed E-state index contributed by atoms with van der Waals surface area (Å²) in [6.45, 7) is 0.644. The Morgan fingerprint density at radius 1 is 1.40 bits per heavy atom. The molecule has 7 heteroatoms. The standard InChI is InChI=1S/C8H8Cl2N4O/c9-6-5-4-11-8(10)12-7(5)14(13-6)2-1-3-15/h4,15H,1-3H2. The molecule has 0 bridgehead atoms. The van der Waals surface area contributed by atoms with Crippen molar-refractivity contribution < 1.29 is 5.11 Å². The summed E-state index contributed by atoms with van der Waals surface area (Å²) in [5.41, 5.74) is 0.591. The number of fused-ring (bicyclic) bond motifs is 1. The van der Waals surface area contributed by atoms with Crippen molar-refractivity contribution in [2.75, 3.05) is 6.61 Å². The normalized spacial score (nSPS) is 11.1. The lowest BCUT2D eigenvalue weighted by atomic mass is 10.4. The second-order valence-corrected chi connectivity index (χ2v) is 3.66. The highest BCUT2D eigenvalue weighted by Gasteiger charge is 2.10. The van der Waals surface area contributed by atoms with Crippen LogP contribution in [0.25, 0.3) is 11.0 Å². The van der Waals surface area contributed by atoms with Gasteiger partial charge < -0.3 is 5.11 Å². The lowest BCUT2D eigenvalue weighted by Crippen LogP contribution is -2.03. The van der Waals surface area contributed by atoms with Crippen LogP contribution in [0.5, 0.6) is 0 Å². The second-order valence-electron chi connectivity index (χ2n) is 2.97. The zero-order chi connectivity index (χ0) is 10.8. The maximum Gasteiger partial charge on any atom is 0.224 e. The second kappa shape index (κ2) is 4.30. The highest BCUT2D eigenvalue weighted by molar-refractivity contribution is 6.34. The first-order valence-corrected chi connectivity index (χ1v) is 5.13. The van der Waals surface area contributed by atoms with E-state index in [4.69, 9.17) is 28.3 Å². The molecule has 0 amide bonds. The van der Waals surface area contributed by atoms with Gasteiger partial charge in [-0.15, -0.1) is 0 Å². The van der Waals surface area contributed by atoms with E-state index in [1.165, 1.54) is 6.20 Å². The molecule has 0 atom stereocenters. The number of rotatable bonds is 3. The molecule has 0 saturated carbocycles. The number of aliphatic hydroxyl groups is 1. The predicted molar refractivity (Wildman–Crippen MR) is 57.0 cm³/mol. The largest absolute Gasteiger partial charge is 0.396 e. The van der Waals surface area contributed by atoms with E-state index < -0.39 is 0 Å². The van der Waals surface area contributed by atoms with E-state index in [0.717, 1.165) is 0 Å². The Labute approximate surface area is 95.7 Å². The summed E-state index contributed by atoms with van der Waals surface area (Å²) >= 11 is 11.6. The first-order chi connectivity index (χ1) is 7.22. The van der Waals surface area contributed by atoms with Crippen LogP contribution < -0.4 is 0 Å². The first-order valence-electron chi connectivity index (χ1n) is 4.38. The molecule has 0 aliphatic rings. The van der Waals surface area contributed by atoms with Gasteiger partial charge in [0.25, 0.3) is 0 Å². The molecule has 2 rings (SSSR count). The molecule has 2 aromatic rings. The third-order valence-electron chi connectivity index (χ3n) is 1.94. The fraction of sp³-hybridized carbons (Fsp3) is 0.375. The van der Waals surface area contributed by atoms with Crippen molar-refractivity contribution in [1.29, 1.82) is 0 Å². The van der Waals surface area contributed by atoms with Gasteiger partial charge in [-0.05, 0) is 18.0 Å². The zero-order valence-electron chi connectivity index (χ0n) is 7.69. The van der Waals surface area contributed by atoms with Crippen LogP contribution in [0.3, 0.4) is 0 Å². The van der Waals surface area contributed by atoms with Crippen molar-refractivity contribution in [3.05, 3.63) is 16.6 Å². The Bertz CT molecular complexity index is 485. The molecular weight excluding hydrogens is 239 g/mol. The Morgan fingerprint density at radius 2 is 2.20 bits per heavy atom. The Morgan fingerprint density at radius 3 is 2.93 bits per heavy atom. The van der Waals surface area contributed by atoms with Crippen LogP contribution in [-0.2, 0) is 6.54 Å². The van der Waals surface area contributed by atoms with Gasteiger partial charge in [0.1, 0.15) is 0 Å². The Hall–Kier alpha value is -0.910. The highest BCUT2D eigenvalue weighted by Crippen LogP contribution is 2.21. The van der Waals surface area contributed by atoms with Gasteiger partial charge in [0.2, 0.25) is 5.28 Å². The van der Waals surface area contributed by atoms with Crippen LogP contribution in [0.4, 0.5) is 0 Å². The van der Waals surface area contributed by atoms with E-state index in [1.807, 2.05) is 0 Å². The van der Waals surface area contributed by atoms with Gasteiger partial charge in [0, 0.05) is 19.3 Å². The monoisotopic (exact) mass is 246 g/mol. The van der Waals surface area contributed by atoms with Crippen LogP contribution in [0.2, 0.25) is 10.4 Å². The lowest BCUT2D eigenvalue weighted by molar-refractivity contribution is 0.278. The minimum Gasteiger partial charge on any atom is -0.396 e. The number of halogens is 2. The molecule has 5 nitrogen and oxygen atoms in total. The van der Waals surface area contributed by atoms with Crippen molar-refractivity contribution in [2.45, 2.75) is 13.0 Å². The van der Waals surface area contributed by atoms with Crippen molar-refractivity contribution in [3.8, 4) is 0 Å². The van der Waals surface area contributed by atoms with E-state index >= 15 is 0 Å². The van der Waals surface area contributed by atoms with Gasteiger partial charge >= 0.3 is 0 Å². The Balaban J connectivity index is 2.49. The molecule has 0 aromatic carbocycles. The van der Waals surface area contributed by atoms with Crippen molar-refractivity contribution in [1.82, 2.24) is 19.7 Å². The van der Waals surface area contributed by atoms with E-state index in [2.05, 4.69) is 15.1 Å². The van der Waals surface area contributed by atoms with Crippen LogP contribution in [0.1, 0.15) is 6.42 Å². The average molecular weight is 247 g/mol. The Kier molecular flexibility index (Phi) is 3.04. The fourth-order valence-electron chi connectivity index (χ4n) is 1.28. The molecule has 80 valence electrons. The third-order valence-corrected chi connectivity index (χ3v) is 2.40. The van der Waals surface area contributed by atoms with Gasteiger partial charge in [0.15, 0.2) is 10.8 Å². The molecule has 1 N–H and O–H groups in total. The van der Waals surface area contributed by atoms with Crippen LogP contribution in [0, 0.1) is 0 Å². The molecule has 0 radical (unpaired) electrons. The molecule has 0 unspecified atom stereocenters. The summed E-state index contributed by atoms with van der Waals surface area (Å²) in [5, 5.41) is 14.0. The summed E-state index contributed by atoms with van der Waals surface area (Å²) in [7, 11) is 0. The maximum absolute atomic E-state index is 8.73. The van der Waals surface area contributed by atoms with E-state index in [9.17, 15) is 0 Å². The average Bonchev–Trinajstić information content (AvgIpc) is 2.52.